The number of rotatable bonds is 10. The summed E-state index contributed by atoms with van der Waals surface area (Å²) in [5.41, 5.74) is 2.15. The molecule has 2 aromatic carbocycles. The highest BCUT2D eigenvalue weighted by Crippen LogP contribution is 2.33. The minimum Gasteiger partial charge on any atom is -0.390 e. The van der Waals surface area contributed by atoms with Crippen molar-refractivity contribution in [2.45, 2.75) is 53.2 Å². The molecule has 3 aromatic rings. The van der Waals surface area contributed by atoms with Gasteiger partial charge >= 0.3 is 0 Å². The molecule has 1 atom stereocenters. The number of aliphatic hydroxyl groups excluding tert-OH is 1. The highest BCUT2D eigenvalue weighted by Gasteiger charge is 2.17. The molecule has 0 fully saturated rings. The average Bonchev–Trinajstić information content (AvgIpc) is 2.96. The molecule has 3 rings (SSSR count). The van der Waals surface area contributed by atoms with Gasteiger partial charge in [-0.3, -0.25) is 0 Å². The number of halogens is 2. The second-order valence-electron chi connectivity index (χ2n) is 9.25. The van der Waals surface area contributed by atoms with Gasteiger partial charge < -0.3 is 14.6 Å². The smallest absolute Gasteiger partial charge is 0.0845 e. The fourth-order valence-corrected chi connectivity index (χ4v) is 4.33. The summed E-state index contributed by atoms with van der Waals surface area (Å²) in [4.78, 5) is 2.42. The zero-order valence-electron chi connectivity index (χ0n) is 18.5. The molecule has 0 aliphatic carbocycles. The van der Waals surface area contributed by atoms with Gasteiger partial charge in [-0.25, -0.2) is 0 Å². The van der Waals surface area contributed by atoms with Gasteiger partial charge in [-0.2, -0.15) is 0 Å². The van der Waals surface area contributed by atoms with E-state index in [0.717, 1.165) is 47.7 Å². The fourth-order valence-electron chi connectivity index (χ4n) is 3.99. The van der Waals surface area contributed by atoms with E-state index in [9.17, 15) is 5.11 Å². The molecule has 0 unspecified atom stereocenters. The van der Waals surface area contributed by atoms with E-state index >= 15 is 0 Å². The molecule has 1 heterocycles. The Labute approximate surface area is 190 Å². The molecule has 0 radical (unpaired) electrons. The van der Waals surface area contributed by atoms with Gasteiger partial charge in [-0.1, -0.05) is 50.9 Å². The van der Waals surface area contributed by atoms with Gasteiger partial charge in [0, 0.05) is 38.4 Å². The second kappa shape index (κ2) is 10.4. The zero-order valence-corrected chi connectivity index (χ0v) is 20.0. The van der Waals surface area contributed by atoms with Crippen molar-refractivity contribution in [3.63, 3.8) is 0 Å². The van der Waals surface area contributed by atoms with Crippen LogP contribution in [-0.2, 0) is 6.54 Å². The van der Waals surface area contributed by atoms with Crippen LogP contribution in [0.25, 0.3) is 21.8 Å². The van der Waals surface area contributed by atoms with Crippen LogP contribution in [-0.4, -0.2) is 40.3 Å². The molecule has 5 heteroatoms. The summed E-state index contributed by atoms with van der Waals surface area (Å²) >= 11 is 12.5. The van der Waals surface area contributed by atoms with Crippen molar-refractivity contribution in [3.05, 3.63) is 46.4 Å². The molecule has 1 N–H and O–H groups in total. The van der Waals surface area contributed by atoms with Crippen LogP contribution < -0.4 is 0 Å². The number of nitrogens with zero attached hydrogens (tertiary/aromatic N) is 2. The van der Waals surface area contributed by atoms with Crippen LogP contribution in [0.2, 0.25) is 10.0 Å². The number of hydrogen-bond acceptors (Lipinski definition) is 2. The fraction of sp³-hybridized carbons (Fsp3) is 0.520. The van der Waals surface area contributed by atoms with Crippen LogP contribution >= 0.6 is 23.2 Å². The van der Waals surface area contributed by atoms with E-state index in [2.05, 4.69) is 37.2 Å². The third-order valence-electron chi connectivity index (χ3n) is 5.70. The molecule has 0 spiro atoms. The van der Waals surface area contributed by atoms with E-state index in [-0.39, 0.29) is 0 Å². The topological polar surface area (TPSA) is 28.4 Å². The molecular formula is C25H34Cl2N2O. The van der Waals surface area contributed by atoms with E-state index in [1.807, 2.05) is 36.4 Å². The van der Waals surface area contributed by atoms with Gasteiger partial charge in [-0.15, -0.1) is 0 Å². The van der Waals surface area contributed by atoms with Gasteiger partial charge in [0.05, 0.1) is 12.6 Å². The number of aromatic nitrogens is 1. The normalized spacial score (nSPS) is 13.4. The van der Waals surface area contributed by atoms with Crippen molar-refractivity contribution in [2.75, 3.05) is 19.6 Å². The van der Waals surface area contributed by atoms with Gasteiger partial charge in [0.25, 0.3) is 0 Å². The summed E-state index contributed by atoms with van der Waals surface area (Å²) in [6, 6.07) is 11.9. The maximum atomic E-state index is 11.0. The Bertz CT molecular complexity index is 909. The summed E-state index contributed by atoms with van der Waals surface area (Å²) in [5, 5.41) is 14.6. The molecule has 30 heavy (non-hydrogen) atoms. The highest BCUT2D eigenvalue weighted by atomic mass is 35.5. The molecule has 164 valence electrons. The van der Waals surface area contributed by atoms with E-state index in [1.54, 1.807) is 0 Å². The average molecular weight is 449 g/mol. The number of hydrogen-bond donors (Lipinski definition) is 1. The molecule has 0 bridgehead atoms. The van der Waals surface area contributed by atoms with Crippen molar-refractivity contribution in [1.29, 1.82) is 0 Å². The predicted octanol–water partition coefficient (Wildman–Crippen LogP) is 6.86. The molecular weight excluding hydrogens is 415 g/mol. The first-order valence-corrected chi connectivity index (χ1v) is 11.8. The second-order valence-corrected chi connectivity index (χ2v) is 10.1. The first-order valence-electron chi connectivity index (χ1n) is 11.0. The molecule has 0 aliphatic heterocycles. The number of fused-ring (bicyclic) bond motifs is 3. The molecule has 0 aliphatic rings. The maximum absolute atomic E-state index is 11.0. The largest absolute Gasteiger partial charge is 0.390 e. The van der Waals surface area contributed by atoms with Gasteiger partial charge in [-0.05, 0) is 74.2 Å². The summed E-state index contributed by atoms with van der Waals surface area (Å²) in [6.45, 7) is 12.3. The van der Waals surface area contributed by atoms with Gasteiger partial charge in [0.15, 0.2) is 0 Å². The lowest BCUT2D eigenvalue weighted by atomic mass is 10.1. The summed E-state index contributed by atoms with van der Waals surface area (Å²) in [6.07, 6.45) is 1.85. The minimum atomic E-state index is -0.450. The first kappa shape index (κ1) is 23.4. The van der Waals surface area contributed by atoms with Crippen molar-refractivity contribution < 1.29 is 5.11 Å². The SMILES string of the molecule is CC(C)CCN(CCC(C)C)C[C@H](O)Cn1c2ccc(Cl)cc2c2cc(Cl)ccc21. The third-order valence-corrected chi connectivity index (χ3v) is 6.17. The van der Waals surface area contributed by atoms with Crippen LogP contribution in [0.5, 0.6) is 0 Å². The number of aliphatic hydroxyl groups is 1. The molecule has 0 saturated heterocycles. The van der Waals surface area contributed by atoms with E-state index in [4.69, 9.17) is 23.2 Å². The van der Waals surface area contributed by atoms with Crippen molar-refractivity contribution in [1.82, 2.24) is 9.47 Å². The Morgan fingerprint density at radius 2 is 1.30 bits per heavy atom. The lowest BCUT2D eigenvalue weighted by molar-refractivity contribution is 0.0947. The minimum absolute atomic E-state index is 0.450. The maximum Gasteiger partial charge on any atom is 0.0845 e. The van der Waals surface area contributed by atoms with Crippen LogP contribution in [0.1, 0.15) is 40.5 Å². The Morgan fingerprint density at radius 3 is 1.73 bits per heavy atom. The van der Waals surface area contributed by atoms with E-state index in [0.29, 0.717) is 35.0 Å². The first-order chi connectivity index (χ1) is 14.2. The molecule has 0 amide bonds. The van der Waals surface area contributed by atoms with E-state index in [1.165, 1.54) is 0 Å². The van der Waals surface area contributed by atoms with Gasteiger partial charge in [0.1, 0.15) is 0 Å². The predicted molar refractivity (Wildman–Crippen MR) is 131 cm³/mol. The van der Waals surface area contributed by atoms with Gasteiger partial charge in [0.2, 0.25) is 0 Å². The summed E-state index contributed by atoms with van der Waals surface area (Å²) < 4.78 is 2.20. The highest BCUT2D eigenvalue weighted by molar-refractivity contribution is 6.33. The number of benzene rings is 2. The van der Waals surface area contributed by atoms with Crippen LogP contribution in [0.15, 0.2) is 36.4 Å². The van der Waals surface area contributed by atoms with Crippen molar-refractivity contribution >= 4 is 45.0 Å². The quantitative estimate of drug-likeness (QED) is 0.366. The van der Waals surface area contributed by atoms with Crippen LogP contribution in [0.3, 0.4) is 0 Å². The Balaban J connectivity index is 1.84. The standard InChI is InChI=1S/C25H34Cl2N2O/c1-17(2)9-11-28(12-10-18(3)4)15-21(30)16-29-24-7-5-19(26)13-22(24)23-14-20(27)6-8-25(23)29/h5-8,13-14,17-18,21,30H,9-12,15-16H2,1-4H3/t21-/m0/s1. The summed E-state index contributed by atoms with van der Waals surface area (Å²) in [5.74, 6) is 1.33. The van der Waals surface area contributed by atoms with Crippen LogP contribution in [0, 0.1) is 11.8 Å². The Morgan fingerprint density at radius 1 is 0.833 bits per heavy atom. The summed E-state index contributed by atoms with van der Waals surface area (Å²) in [7, 11) is 0. The van der Waals surface area contributed by atoms with Crippen molar-refractivity contribution in [2.24, 2.45) is 11.8 Å². The zero-order chi connectivity index (χ0) is 21.8. The van der Waals surface area contributed by atoms with E-state index < -0.39 is 6.10 Å². The Kier molecular flexibility index (Phi) is 8.09. The molecule has 0 saturated carbocycles. The Hall–Kier alpha value is -1.26. The van der Waals surface area contributed by atoms with Crippen LogP contribution in [0.4, 0.5) is 0 Å². The lowest BCUT2D eigenvalue weighted by Gasteiger charge is -2.27. The van der Waals surface area contributed by atoms with Crippen molar-refractivity contribution in [3.8, 4) is 0 Å². The monoisotopic (exact) mass is 448 g/mol. The third kappa shape index (κ3) is 5.91. The lowest BCUT2D eigenvalue weighted by Crippen LogP contribution is -2.37. The molecule has 3 nitrogen and oxygen atoms in total. The molecule has 1 aromatic heterocycles.